The number of amides is 1. The summed E-state index contributed by atoms with van der Waals surface area (Å²) in [7, 11) is 0. The molecule has 1 heterocycles. The zero-order valence-electron chi connectivity index (χ0n) is 16.8. The van der Waals surface area contributed by atoms with Crippen molar-refractivity contribution in [3.8, 4) is 11.5 Å². The molecule has 0 saturated carbocycles. The highest BCUT2D eigenvalue weighted by Crippen LogP contribution is 2.38. The van der Waals surface area contributed by atoms with Crippen LogP contribution in [-0.4, -0.2) is 29.2 Å². The van der Waals surface area contributed by atoms with E-state index >= 15 is 0 Å². The first kappa shape index (κ1) is 21.7. The van der Waals surface area contributed by atoms with Crippen molar-refractivity contribution in [2.45, 2.75) is 31.8 Å². The summed E-state index contributed by atoms with van der Waals surface area (Å²) in [4.78, 5) is 16.3. The van der Waals surface area contributed by atoms with Crippen LogP contribution in [0.1, 0.15) is 26.3 Å². The van der Waals surface area contributed by atoms with Crippen LogP contribution in [0.25, 0.3) is 6.08 Å². The molecule has 152 valence electrons. The maximum absolute atomic E-state index is 13.0. The predicted octanol–water partition coefficient (Wildman–Crippen LogP) is 6.00. The van der Waals surface area contributed by atoms with Crippen molar-refractivity contribution in [2.24, 2.45) is 0 Å². The lowest BCUT2D eigenvalue weighted by Crippen LogP contribution is -2.27. The minimum Gasteiger partial charge on any atom is -0.490 e. The van der Waals surface area contributed by atoms with Gasteiger partial charge >= 0.3 is 0 Å². The summed E-state index contributed by atoms with van der Waals surface area (Å²) in [6, 6.07) is 13.5. The first-order chi connectivity index (χ1) is 13.9. The molecule has 4 nitrogen and oxygen atoms in total. The van der Waals surface area contributed by atoms with E-state index in [4.69, 9.17) is 21.7 Å². The number of hydrogen-bond acceptors (Lipinski definition) is 6. The van der Waals surface area contributed by atoms with Crippen molar-refractivity contribution in [2.75, 3.05) is 17.8 Å². The van der Waals surface area contributed by atoms with Crippen LogP contribution in [-0.2, 0) is 4.79 Å². The molecule has 0 aliphatic carbocycles. The molecule has 1 aliphatic rings. The summed E-state index contributed by atoms with van der Waals surface area (Å²) in [6.07, 6.45) is 3.90. The van der Waals surface area contributed by atoms with Gasteiger partial charge in [-0.2, -0.15) is 0 Å². The lowest BCUT2D eigenvalue weighted by atomic mass is 10.1. The Kier molecular flexibility index (Phi) is 7.27. The van der Waals surface area contributed by atoms with Gasteiger partial charge in [-0.05, 0) is 69.0 Å². The van der Waals surface area contributed by atoms with E-state index in [0.717, 1.165) is 16.1 Å². The standard InChI is InChI=1S/C22H23NO3S3/c1-5-25-19-11-15(9-10-18(19)26-14(2)3)12-20-21(24)23(22(27)29-20)16-7-6-8-17(13-16)28-4/h6-14H,5H2,1-4H3/b20-12+. The maximum atomic E-state index is 13.0. The van der Waals surface area contributed by atoms with Crippen LogP contribution in [0.2, 0.25) is 0 Å². The van der Waals surface area contributed by atoms with Gasteiger partial charge in [0.2, 0.25) is 0 Å². The third kappa shape index (κ3) is 5.15. The third-order valence-electron chi connectivity index (χ3n) is 4.03. The normalized spacial score (nSPS) is 15.5. The average Bonchev–Trinajstić information content (AvgIpc) is 2.97. The number of rotatable bonds is 7. The largest absolute Gasteiger partial charge is 0.490 e. The Morgan fingerprint density at radius 3 is 2.69 bits per heavy atom. The van der Waals surface area contributed by atoms with Gasteiger partial charge in [0.1, 0.15) is 0 Å². The van der Waals surface area contributed by atoms with E-state index in [2.05, 4.69) is 0 Å². The van der Waals surface area contributed by atoms with Crippen molar-refractivity contribution in [3.05, 3.63) is 52.9 Å². The molecule has 0 bridgehead atoms. The van der Waals surface area contributed by atoms with Crippen LogP contribution in [0.5, 0.6) is 11.5 Å². The van der Waals surface area contributed by atoms with Crippen molar-refractivity contribution < 1.29 is 14.3 Å². The fourth-order valence-electron chi connectivity index (χ4n) is 2.83. The molecule has 2 aromatic rings. The minimum atomic E-state index is -0.112. The van der Waals surface area contributed by atoms with Crippen molar-refractivity contribution in [1.29, 1.82) is 0 Å². The molecule has 3 rings (SSSR count). The fourth-order valence-corrected chi connectivity index (χ4v) is 4.58. The van der Waals surface area contributed by atoms with Gasteiger partial charge in [0.15, 0.2) is 15.8 Å². The number of carbonyl (C=O) groups is 1. The van der Waals surface area contributed by atoms with Crippen LogP contribution in [0.15, 0.2) is 52.3 Å². The molecule has 1 saturated heterocycles. The van der Waals surface area contributed by atoms with Crippen molar-refractivity contribution >= 4 is 57.7 Å². The number of hydrogen-bond donors (Lipinski definition) is 0. The Morgan fingerprint density at radius 1 is 1.21 bits per heavy atom. The number of nitrogens with zero attached hydrogens (tertiary/aromatic N) is 1. The zero-order valence-corrected chi connectivity index (χ0v) is 19.2. The molecule has 0 unspecified atom stereocenters. The molecule has 1 amide bonds. The Labute approximate surface area is 185 Å². The van der Waals surface area contributed by atoms with E-state index in [1.165, 1.54) is 11.8 Å². The van der Waals surface area contributed by atoms with Crippen LogP contribution < -0.4 is 14.4 Å². The lowest BCUT2D eigenvalue weighted by molar-refractivity contribution is -0.113. The molecule has 0 radical (unpaired) electrons. The van der Waals surface area contributed by atoms with Gasteiger partial charge in [0.25, 0.3) is 5.91 Å². The Hall–Kier alpha value is -1.96. The second-order valence-electron chi connectivity index (χ2n) is 6.52. The summed E-state index contributed by atoms with van der Waals surface area (Å²) in [5, 5.41) is 0. The number of ether oxygens (including phenoxy) is 2. The molecule has 29 heavy (non-hydrogen) atoms. The van der Waals surface area contributed by atoms with Crippen LogP contribution in [0.4, 0.5) is 5.69 Å². The Morgan fingerprint density at radius 2 is 2.00 bits per heavy atom. The maximum Gasteiger partial charge on any atom is 0.270 e. The minimum absolute atomic E-state index is 0.0494. The highest BCUT2D eigenvalue weighted by atomic mass is 32.2. The van der Waals surface area contributed by atoms with Crippen LogP contribution >= 0.6 is 35.7 Å². The van der Waals surface area contributed by atoms with E-state index in [1.54, 1.807) is 16.7 Å². The van der Waals surface area contributed by atoms with Gasteiger partial charge in [0.05, 0.1) is 23.3 Å². The van der Waals surface area contributed by atoms with Gasteiger partial charge in [0, 0.05) is 4.90 Å². The lowest BCUT2D eigenvalue weighted by Gasteiger charge is -2.15. The molecule has 0 spiro atoms. The van der Waals surface area contributed by atoms with E-state index in [1.807, 2.05) is 75.6 Å². The number of anilines is 1. The topological polar surface area (TPSA) is 38.8 Å². The monoisotopic (exact) mass is 445 g/mol. The summed E-state index contributed by atoms with van der Waals surface area (Å²) >= 11 is 8.42. The quantitative estimate of drug-likeness (QED) is 0.296. The second-order valence-corrected chi connectivity index (χ2v) is 9.08. The highest BCUT2D eigenvalue weighted by Gasteiger charge is 2.33. The number of thiocarbonyl (C=S) groups is 1. The first-order valence-electron chi connectivity index (χ1n) is 9.28. The molecule has 0 N–H and O–H groups in total. The van der Waals surface area contributed by atoms with Crippen LogP contribution in [0.3, 0.4) is 0 Å². The summed E-state index contributed by atoms with van der Waals surface area (Å²) < 4.78 is 12.1. The Balaban J connectivity index is 1.89. The molecule has 1 fully saturated rings. The van der Waals surface area contributed by atoms with E-state index < -0.39 is 0 Å². The predicted molar refractivity (Wildman–Crippen MR) is 127 cm³/mol. The van der Waals surface area contributed by atoms with Gasteiger partial charge in [-0.3, -0.25) is 9.69 Å². The van der Waals surface area contributed by atoms with Gasteiger partial charge in [-0.1, -0.05) is 36.1 Å². The smallest absolute Gasteiger partial charge is 0.270 e. The molecule has 2 aromatic carbocycles. The highest BCUT2D eigenvalue weighted by molar-refractivity contribution is 8.27. The van der Waals surface area contributed by atoms with E-state index in [-0.39, 0.29) is 12.0 Å². The molecule has 0 aromatic heterocycles. The fraction of sp³-hybridized carbons (Fsp3) is 0.273. The first-order valence-corrected chi connectivity index (χ1v) is 11.7. The summed E-state index contributed by atoms with van der Waals surface area (Å²) in [6.45, 7) is 6.41. The summed E-state index contributed by atoms with van der Waals surface area (Å²) in [5.41, 5.74) is 1.65. The zero-order chi connectivity index (χ0) is 21.0. The second kappa shape index (κ2) is 9.69. The SMILES string of the molecule is CCOc1cc(/C=C2/SC(=S)N(c3cccc(SC)c3)C2=O)ccc1OC(C)C. The van der Waals surface area contributed by atoms with Gasteiger partial charge < -0.3 is 9.47 Å². The molecule has 1 aliphatic heterocycles. The number of benzene rings is 2. The van der Waals surface area contributed by atoms with Gasteiger partial charge in [-0.15, -0.1) is 11.8 Å². The van der Waals surface area contributed by atoms with Gasteiger partial charge in [-0.25, -0.2) is 0 Å². The number of carbonyl (C=O) groups excluding carboxylic acids is 1. The number of thioether (sulfide) groups is 2. The molecular weight excluding hydrogens is 422 g/mol. The molecule has 7 heteroatoms. The van der Waals surface area contributed by atoms with Crippen molar-refractivity contribution in [1.82, 2.24) is 0 Å². The van der Waals surface area contributed by atoms with Crippen molar-refractivity contribution in [3.63, 3.8) is 0 Å². The van der Waals surface area contributed by atoms with Crippen LogP contribution in [0, 0.1) is 0 Å². The summed E-state index contributed by atoms with van der Waals surface area (Å²) in [5.74, 6) is 1.25. The average molecular weight is 446 g/mol. The molecular formula is C22H23NO3S3. The van der Waals surface area contributed by atoms with E-state index in [9.17, 15) is 4.79 Å². The van der Waals surface area contributed by atoms with E-state index in [0.29, 0.717) is 27.3 Å². The Bertz CT molecular complexity index is 956. The molecule has 0 atom stereocenters. The third-order valence-corrected chi connectivity index (χ3v) is 6.06.